The molecule has 9 heteroatoms. The molecule has 0 aromatic heterocycles. The van der Waals surface area contributed by atoms with Crippen LogP contribution in [0.5, 0.6) is 11.5 Å². The standard InChI is InChI=1S/C20H19N3O5S/c1-13(14-6-4-3-5-7-14)21-20(24)17-11-16(22-29(25,26)23(17)2)15-8-9-18-19(10-15)28-12-27-18/h3-11,13H,12H2,1-2H3,(H,21,24). The van der Waals surface area contributed by atoms with Crippen molar-refractivity contribution in [3.8, 4) is 11.5 Å². The maximum atomic E-state index is 12.9. The van der Waals surface area contributed by atoms with E-state index < -0.39 is 16.1 Å². The van der Waals surface area contributed by atoms with Gasteiger partial charge in [0.1, 0.15) is 5.70 Å². The zero-order valence-electron chi connectivity index (χ0n) is 15.8. The van der Waals surface area contributed by atoms with E-state index in [-0.39, 0.29) is 24.2 Å². The molecule has 2 aliphatic rings. The third-order valence-corrected chi connectivity index (χ3v) is 6.04. The molecule has 0 saturated carbocycles. The Morgan fingerprint density at radius 2 is 1.86 bits per heavy atom. The predicted octanol–water partition coefficient (Wildman–Crippen LogP) is 2.16. The van der Waals surface area contributed by atoms with E-state index in [2.05, 4.69) is 9.71 Å². The van der Waals surface area contributed by atoms with Gasteiger partial charge in [0, 0.05) is 12.6 Å². The Kier molecular flexibility index (Phi) is 4.75. The lowest BCUT2D eigenvalue weighted by molar-refractivity contribution is -0.119. The van der Waals surface area contributed by atoms with Crippen molar-refractivity contribution in [2.45, 2.75) is 13.0 Å². The Morgan fingerprint density at radius 1 is 1.14 bits per heavy atom. The summed E-state index contributed by atoms with van der Waals surface area (Å²) >= 11 is 0. The van der Waals surface area contributed by atoms with Crippen LogP contribution in [0, 0.1) is 0 Å². The molecule has 29 heavy (non-hydrogen) atoms. The molecule has 2 aliphatic heterocycles. The molecule has 1 atom stereocenters. The summed E-state index contributed by atoms with van der Waals surface area (Å²) in [6, 6.07) is 14.1. The van der Waals surface area contributed by atoms with E-state index >= 15 is 0 Å². The van der Waals surface area contributed by atoms with Gasteiger partial charge in [-0.05, 0) is 36.8 Å². The largest absolute Gasteiger partial charge is 0.454 e. The minimum Gasteiger partial charge on any atom is -0.454 e. The van der Waals surface area contributed by atoms with Crippen LogP contribution in [-0.4, -0.2) is 38.2 Å². The van der Waals surface area contributed by atoms with Crippen molar-refractivity contribution in [1.29, 1.82) is 0 Å². The molecule has 0 fully saturated rings. The molecule has 0 spiro atoms. The number of carbonyl (C=O) groups is 1. The van der Waals surface area contributed by atoms with Crippen LogP contribution in [0.1, 0.15) is 24.1 Å². The molecule has 8 nitrogen and oxygen atoms in total. The molecule has 2 heterocycles. The average Bonchev–Trinajstić information content (AvgIpc) is 3.18. The van der Waals surface area contributed by atoms with E-state index in [9.17, 15) is 13.2 Å². The number of hydrogen-bond acceptors (Lipinski definition) is 5. The number of nitrogens with zero attached hydrogens (tertiary/aromatic N) is 2. The van der Waals surface area contributed by atoms with Gasteiger partial charge in [0.15, 0.2) is 11.5 Å². The minimum absolute atomic E-state index is 0.0181. The molecular weight excluding hydrogens is 394 g/mol. The number of rotatable bonds is 4. The summed E-state index contributed by atoms with van der Waals surface area (Å²) in [4.78, 5) is 12.9. The number of amides is 1. The van der Waals surface area contributed by atoms with Crippen molar-refractivity contribution in [2.24, 2.45) is 4.40 Å². The van der Waals surface area contributed by atoms with Crippen LogP contribution in [0.4, 0.5) is 0 Å². The number of benzene rings is 2. The average molecular weight is 413 g/mol. The quantitative estimate of drug-likeness (QED) is 0.828. The van der Waals surface area contributed by atoms with E-state index in [1.807, 2.05) is 37.3 Å². The zero-order chi connectivity index (χ0) is 20.6. The van der Waals surface area contributed by atoms with Gasteiger partial charge in [-0.25, -0.2) is 4.31 Å². The molecule has 0 radical (unpaired) electrons. The minimum atomic E-state index is -4.05. The topological polar surface area (TPSA) is 97.3 Å². The number of fused-ring (bicyclic) bond motifs is 1. The third-order valence-electron chi connectivity index (χ3n) is 4.72. The van der Waals surface area contributed by atoms with E-state index in [4.69, 9.17) is 9.47 Å². The number of nitrogens with one attached hydrogen (secondary N) is 1. The Balaban J connectivity index is 1.65. The molecule has 1 unspecified atom stereocenters. The molecule has 0 bridgehead atoms. The van der Waals surface area contributed by atoms with Crippen LogP contribution in [-0.2, 0) is 15.0 Å². The van der Waals surface area contributed by atoms with Crippen molar-refractivity contribution in [2.75, 3.05) is 13.8 Å². The van der Waals surface area contributed by atoms with Gasteiger partial charge in [-0.3, -0.25) is 4.79 Å². The van der Waals surface area contributed by atoms with Gasteiger partial charge in [0.25, 0.3) is 5.91 Å². The normalized spacial score (nSPS) is 17.9. The van der Waals surface area contributed by atoms with Crippen molar-refractivity contribution in [1.82, 2.24) is 9.62 Å². The van der Waals surface area contributed by atoms with Crippen LogP contribution < -0.4 is 14.8 Å². The smallest absolute Gasteiger partial charge is 0.345 e. The van der Waals surface area contributed by atoms with Gasteiger partial charge in [-0.15, -0.1) is 4.40 Å². The summed E-state index contributed by atoms with van der Waals surface area (Å²) in [7, 11) is -2.75. The first-order chi connectivity index (χ1) is 13.8. The molecular formula is C20H19N3O5S. The lowest BCUT2D eigenvalue weighted by atomic mass is 10.1. The van der Waals surface area contributed by atoms with E-state index in [1.165, 1.54) is 13.1 Å². The Bertz CT molecular complexity index is 1130. The number of ether oxygens (including phenoxy) is 2. The second-order valence-electron chi connectivity index (χ2n) is 6.63. The van der Waals surface area contributed by atoms with E-state index in [0.29, 0.717) is 17.1 Å². The number of likely N-dealkylation sites (N-methyl/N-ethyl adjacent to an activating group) is 1. The molecule has 4 rings (SSSR count). The van der Waals surface area contributed by atoms with Crippen LogP contribution in [0.15, 0.2) is 64.7 Å². The van der Waals surface area contributed by atoms with Gasteiger partial charge in [-0.2, -0.15) is 8.42 Å². The summed E-state index contributed by atoms with van der Waals surface area (Å²) in [5.41, 5.74) is 1.55. The molecule has 2 aromatic rings. The Labute approximate surface area is 168 Å². The molecule has 2 aromatic carbocycles. The van der Waals surface area contributed by atoms with Crippen LogP contribution >= 0.6 is 0 Å². The summed E-state index contributed by atoms with van der Waals surface area (Å²) in [6.07, 6.45) is 1.45. The van der Waals surface area contributed by atoms with E-state index in [0.717, 1.165) is 9.87 Å². The second-order valence-corrected chi connectivity index (χ2v) is 8.25. The van der Waals surface area contributed by atoms with E-state index in [1.54, 1.807) is 18.2 Å². The Morgan fingerprint density at radius 3 is 2.62 bits per heavy atom. The summed E-state index contributed by atoms with van der Waals surface area (Å²) < 4.78 is 40.4. The van der Waals surface area contributed by atoms with Crippen molar-refractivity contribution in [3.05, 3.63) is 71.4 Å². The highest BCUT2D eigenvalue weighted by Gasteiger charge is 2.31. The predicted molar refractivity (Wildman–Crippen MR) is 107 cm³/mol. The zero-order valence-corrected chi connectivity index (χ0v) is 16.6. The third kappa shape index (κ3) is 3.68. The first-order valence-corrected chi connectivity index (χ1v) is 10.3. The maximum Gasteiger partial charge on any atom is 0.345 e. The molecule has 1 N–H and O–H groups in total. The lowest BCUT2D eigenvalue weighted by Crippen LogP contribution is -2.39. The van der Waals surface area contributed by atoms with Gasteiger partial charge in [-0.1, -0.05) is 30.3 Å². The molecule has 0 aliphatic carbocycles. The molecule has 0 saturated heterocycles. The highest BCUT2D eigenvalue weighted by molar-refractivity contribution is 7.88. The fourth-order valence-corrected chi connectivity index (χ4v) is 3.97. The van der Waals surface area contributed by atoms with Crippen molar-refractivity contribution >= 4 is 21.8 Å². The van der Waals surface area contributed by atoms with Gasteiger partial charge < -0.3 is 14.8 Å². The second kappa shape index (κ2) is 7.25. The van der Waals surface area contributed by atoms with Gasteiger partial charge in [0.2, 0.25) is 6.79 Å². The van der Waals surface area contributed by atoms with Crippen LogP contribution in [0.2, 0.25) is 0 Å². The van der Waals surface area contributed by atoms with Crippen molar-refractivity contribution < 1.29 is 22.7 Å². The van der Waals surface area contributed by atoms with Gasteiger partial charge >= 0.3 is 10.2 Å². The first kappa shape index (κ1) is 19.0. The highest BCUT2D eigenvalue weighted by Crippen LogP contribution is 2.33. The summed E-state index contributed by atoms with van der Waals surface area (Å²) in [5, 5.41) is 2.83. The highest BCUT2D eigenvalue weighted by atomic mass is 32.2. The van der Waals surface area contributed by atoms with Crippen LogP contribution in [0.25, 0.3) is 0 Å². The molecule has 150 valence electrons. The van der Waals surface area contributed by atoms with Gasteiger partial charge in [0.05, 0.1) is 11.8 Å². The van der Waals surface area contributed by atoms with Crippen LogP contribution in [0.3, 0.4) is 0 Å². The SMILES string of the molecule is CC(NC(=O)C1=CC(c2ccc3c(c2)OCO3)=NS(=O)(=O)N1C)c1ccccc1. The fraction of sp³-hybridized carbons (Fsp3) is 0.200. The summed E-state index contributed by atoms with van der Waals surface area (Å²) in [6.45, 7) is 1.94. The fourth-order valence-electron chi connectivity index (χ4n) is 3.05. The number of allylic oxidation sites excluding steroid dienone is 1. The molecule has 1 amide bonds. The first-order valence-electron chi connectivity index (χ1n) is 8.91. The number of hydrogen-bond donors (Lipinski definition) is 1. The van der Waals surface area contributed by atoms with Crippen molar-refractivity contribution in [3.63, 3.8) is 0 Å². The maximum absolute atomic E-state index is 12.9. The summed E-state index contributed by atoms with van der Waals surface area (Å²) in [5.74, 6) is 0.558. The Hall–Kier alpha value is -3.33. The lowest BCUT2D eigenvalue weighted by Gasteiger charge is -2.25. The monoisotopic (exact) mass is 413 g/mol. The number of carbonyl (C=O) groups excluding carboxylic acids is 1.